The van der Waals surface area contributed by atoms with Gasteiger partial charge in [-0.3, -0.25) is 0 Å². The maximum atomic E-state index is 10.8. The van der Waals surface area contributed by atoms with E-state index in [0.717, 1.165) is 19.3 Å². The molecule has 0 fully saturated rings. The van der Waals surface area contributed by atoms with Crippen LogP contribution in [0, 0.1) is 0 Å². The molecule has 1 atom stereocenters. The number of carbonyl (C=O) groups excluding carboxylic acids is 1. The molecule has 0 N–H and O–H groups in total. The molecule has 0 amide bonds. The number of esters is 1. The molecule has 0 aromatic rings. The van der Waals surface area contributed by atoms with Crippen molar-refractivity contribution in [3.63, 3.8) is 0 Å². The summed E-state index contributed by atoms with van der Waals surface area (Å²) in [6, 6.07) is 0. The monoisotopic (exact) mass is 173 g/mol. The summed E-state index contributed by atoms with van der Waals surface area (Å²) in [6.07, 6.45) is 2.12. The van der Waals surface area contributed by atoms with Crippen LogP contribution in [0.3, 0.4) is 0 Å². The molecular weight excluding hydrogens is 156 g/mol. The molecule has 0 bridgehead atoms. The van der Waals surface area contributed by atoms with Crippen molar-refractivity contribution >= 4 is 5.97 Å². The topological polar surface area (TPSA) is 46.2 Å². The van der Waals surface area contributed by atoms with Crippen LogP contribution in [0.2, 0.25) is 0 Å². The number of hydrogen-bond donors (Lipinski definition) is 0. The highest BCUT2D eigenvalue weighted by Crippen LogP contribution is 1.98. The third kappa shape index (κ3) is 5.13. The predicted octanol–water partition coefficient (Wildman–Crippen LogP) is 1.93. The molecule has 0 aromatic heterocycles. The Hall–Kier alpha value is -0.570. The Morgan fingerprint density at radius 1 is 1.33 bits per heavy atom. The van der Waals surface area contributed by atoms with Gasteiger partial charge in [-0.1, -0.05) is 26.7 Å². The highest BCUT2D eigenvalue weighted by molar-refractivity contribution is 5.74. The molecule has 3 heteroatoms. The number of carbonyl (C=O) groups is 1. The van der Waals surface area contributed by atoms with Gasteiger partial charge in [-0.05, 0) is 12.8 Å². The molecule has 3 nitrogen and oxygen atoms in total. The van der Waals surface area contributed by atoms with E-state index in [0.29, 0.717) is 13.0 Å². The fourth-order valence-electron chi connectivity index (χ4n) is 0.784. The second kappa shape index (κ2) is 7.10. The first kappa shape index (κ1) is 11.4. The van der Waals surface area contributed by atoms with Gasteiger partial charge in [0.15, 0.2) is 6.10 Å². The van der Waals surface area contributed by atoms with E-state index in [-0.39, 0.29) is 0 Å². The van der Waals surface area contributed by atoms with Crippen molar-refractivity contribution in [1.29, 1.82) is 0 Å². The van der Waals surface area contributed by atoms with Crippen LogP contribution in [0.5, 0.6) is 0 Å². The number of ether oxygens (including phenoxy) is 1. The van der Waals surface area contributed by atoms with Crippen molar-refractivity contribution in [2.24, 2.45) is 0 Å². The number of rotatable bonds is 6. The zero-order valence-corrected chi connectivity index (χ0v) is 7.84. The van der Waals surface area contributed by atoms with Crippen LogP contribution in [-0.4, -0.2) is 18.7 Å². The van der Waals surface area contributed by atoms with Crippen LogP contribution in [0.4, 0.5) is 0 Å². The molecule has 0 aromatic carbocycles. The van der Waals surface area contributed by atoms with E-state index in [1.807, 2.05) is 0 Å². The van der Waals surface area contributed by atoms with Crippen LogP contribution in [-0.2, 0) is 14.6 Å². The van der Waals surface area contributed by atoms with Gasteiger partial charge in [0.25, 0.3) is 0 Å². The summed E-state index contributed by atoms with van der Waals surface area (Å²) in [5.74, 6) is -0.603. The lowest BCUT2D eigenvalue weighted by Crippen LogP contribution is -2.21. The van der Waals surface area contributed by atoms with Crippen molar-refractivity contribution in [3.05, 3.63) is 0 Å². The van der Waals surface area contributed by atoms with Crippen molar-refractivity contribution < 1.29 is 14.6 Å². The van der Waals surface area contributed by atoms with Gasteiger partial charge in [0.1, 0.15) is 0 Å². The molecule has 0 saturated heterocycles. The van der Waals surface area contributed by atoms with Gasteiger partial charge < -0.3 is 4.74 Å². The maximum Gasteiger partial charge on any atom is 0.338 e. The van der Waals surface area contributed by atoms with E-state index in [1.165, 1.54) is 0 Å². The summed E-state index contributed by atoms with van der Waals surface area (Å²) in [5, 5.41) is 10.8. The first-order valence-corrected chi connectivity index (χ1v) is 4.54. The van der Waals surface area contributed by atoms with Gasteiger partial charge in [0, 0.05) is 0 Å². The first-order valence-electron chi connectivity index (χ1n) is 4.54. The number of hydrogen-bond acceptors (Lipinski definition) is 2. The van der Waals surface area contributed by atoms with Crippen molar-refractivity contribution in [2.75, 3.05) is 6.61 Å². The zero-order valence-electron chi connectivity index (χ0n) is 7.84. The summed E-state index contributed by atoms with van der Waals surface area (Å²) in [4.78, 5) is 10.8. The molecule has 0 aliphatic heterocycles. The van der Waals surface area contributed by atoms with E-state index >= 15 is 0 Å². The Labute approximate surface area is 73.7 Å². The molecule has 71 valence electrons. The van der Waals surface area contributed by atoms with Crippen LogP contribution in [0.15, 0.2) is 0 Å². The molecule has 1 radical (unpaired) electrons. The minimum Gasteiger partial charge on any atom is -0.464 e. The molecule has 0 heterocycles. The molecule has 0 spiro atoms. The smallest absolute Gasteiger partial charge is 0.338 e. The van der Waals surface area contributed by atoms with Crippen LogP contribution >= 0.6 is 0 Å². The quantitative estimate of drug-likeness (QED) is 0.455. The zero-order chi connectivity index (χ0) is 9.40. The van der Waals surface area contributed by atoms with Gasteiger partial charge in [0.2, 0.25) is 0 Å². The average Bonchev–Trinajstić information content (AvgIpc) is 2.10. The third-order valence-corrected chi connectivity index (χ3v) is 1.63. The second-order valence-electron chi connectivity index (χ2n) is 2.77. The lowest BCUT2D eigenvalue weighted by molar-refractivity contribution is -0.157. The Morgan fingerprint density at radius 2 is 2.00 bits per heavy atom. The summed E-state index contributed by atoms with van der Waals surface area (Å²) in [5.41, 5.74) is 0. The lowest BCUT2D eigenvalue weighted by Gasteiger charge is -2.05. The van der Waals surface area contributed by atoms with Crippen LogP contribution in [0.25, 0.3) is 0 Å². The minimum atomic E-state index is -1.19. The van der Waals surface area contributed by atoms with E-state index in [1.54, 1.807) is 6.92 Å². The fraction of sp³-hybridized carbons (Fsp3) is 0.889. The van der Waals surface area contributed by atoms with Gasteiger partial charge in [-0.2, -0.15) is 0 Å². The van der Waals surface area contributed by atoms with E-state index in [4.69, 9.17) is 4.74 Å². The molecule has 0 rings (SSSR count). The maximum absolute atomic E-state index is 10.8. The molecule has 0 aliphatic rings. The highest BCUT2D eigenvalue weighted by Gasteiger charge is 2.15. The number of unbranched alkanes of at least 4 members (excludes halogenated alkanes) is 2. The fourth-order valence-corrected chi connectivity index (χ4v) is 0.784. The summed E-state index contributed by atoms with van der Waals surface area (Å²) < 4.78 is 4.75. The van der Waals surface area contributed by atoms with E-state index in [2.05, 4.69) is 6.92 Å². The molecule has 0 saturated carbocycles. The summed E-state index contributed by atoms with van der Waals surface area (Å²) in [6.45, 7) is 4.15. The Morgan fingerprint density at radius 3 is 2.50 bits per heavy atom. The Kier molecular flexibility index (Phi) is 6.76. The molecule has 1 unspecified atom stereocenters. The standard InChI is InChI=1S/C9H17O3/c1-3-5-6-7-12-9(11)8(10)4-2/h8H,3-7H2,1-2H3. The Bertz CT molecular complexity index is 123. The highest BCUT2D eigenvalue weighted by atomic mass is 16.5. The van der Waals surface area contributed by atoms with Crippen molar-refractivity contribution in [3.8, 4) is 0 Å². The lowest BCUT2D eigenvalue weighted by atomic mass is 10.2. The third-order valence-electron chi connectivity index (χ3n) is 1.63. The van der Waals surface area contributed by atoms with Gasteiger partial charge in [-0.15, -0.1) is 0 Å². The summed E-state index contributed by atoms with van der Waals surface area (Å²) in [7, 11) is 0. The van der Waals surface area contributed by atoms with Crippen molar-refractivity contribution in [2.45, 2.75) is 45.6 Å². The molecular formula is C9H17O3. The second-order valence-corrected chi connectivity index (χ2v) is 2.77. The minimum absolute atomic E-state index is 0.312. The van der Waals surface area contributed by atoms with Gasteiger partial charge in [0.05, 0.1) is 6.61 Å². The SMILES string of the molecule is CCCCCOC(=O)C([O])CC. The molecule has 0 aliphatic carbocycles. The first-order chi connectivity index (χ1) is 5.72. The van der Waals surface area contributed by atoms with Crippen molar-refractivity contribution in [1.82, 2.24) is 0 Å². The summed E-state index contributed by atoms with van der Waals surface area (Å²) >= 11 is 0. The average molecular weight is 173 g/mol. The normalized spacial score (nSPS) is 12.6. The van der Waals surface area contributed by atoms with Gasteiger partial charge >= 0.3 is 5.97 Å². The van der Waals surface area contributed by atoms with E-state index < -0.39 is 12.1 Å². The Balaban J connectivity index is 3.31. The largest absolute Gasteiger partial charge is 0.464 e. The van der Waals surface area contributed by atoms with Crippen LogP contribution < -0.4 is 0 Å². The van der Waals surface area contributed by atoms with Crippen LogP contribution in [0.1, 0.15) is 39.5 Å². The van der Waals surface area contributed by atoms with E-state index in [9.17, 15) is 9.90 Å². The predicted molar refractivity (Wildman–Crippen MR) is 45.2 cm³/mol. The molecule has 12 heavy (non-hydrogen) atoms. The van der Waals surface area contributed by atoms with Gasteiger partial charge in [-0.25, -0.2) is 9.90 Å².